The van der Waals surface area contributed by atoms with E-state index in [0.29, 0.717) is 5.82 Å². The van der Waals surface area contributed by atoms with E-state index >= 15 is 0 Å². The van der Waals surface area contributed by atoms with Crippen molar-refractivity contribution in [3.8, 4) is 5.75 Å². The molecule has 6 nitrogen and oxygen atoms in total. The molecule has 3 aromatic rings. The van der Waals surface area contributed by atoms with Crippen LogP contribution >= 0.6 is 0 Å². The molecule has 0 unspecified atom stereocenters. The average Bonchev–Trinajstić information content (AvgIpc) is 2.86. The molecule has 108 valence electrons. The molecule has 3 aromatic heterocycles. The lowest BCUT2D eigenvalue weighted by molar-refractivity contribution is 0.167. The monoisotopic (exact) mass is 283 g/mol. The Morgan fingerprint density at radius 1 is 1.19 bits per heavy atom. The first kappa shape index (κ1) is 12.4. The number of piperidine rings is 1. The third-order valence-electron chi connectivity index (χ3n) is 3.89. The minimum absolute atomic E-state index is 0.218. The molecule has 4 rings (SSSR count). The highest BCUT2D eigenvalue weighted by atomic mass is 16.5. The number of anilines is 1. The highest BCUT2D eigenvalue weighted by Gasteiger charge is 2.15. The number of ether oxygens (including phenoxy) is 1. The fraction of sp³-hybridized carbons (Fsp3) is 0.333. The van der Waals surface area contributed by atoms with E-state index in [4.69, 9.17) is 10.5 Å². The average molecular weight is 283 g/mol. The summed E-state index contributed by atoms with van der Waals surface area (Å²) in [5.41, 5.74) is 7.54. The van der Waals surface area contributed by atoms with Crippen molar-refractivity contribution in [1.82, 2.24) is 20.3 Å². The number of nitrogens with one attached hydrogen (secondary N) is 2. The molecule has 0 saturated carbocycles. The van der Waals surface area contributed by atoms with Crippen LogP contribution in [-0.4, -0.2) is 34.1 Å². The number of nitrogens with two attached hydrogens (primary N) is 1. The smallest absolute Gasteiger partial charge is 0.138 e. The molecular weight excluding hydrogens is 266 g/mol. The number of rotatable bonds is 2. The van der Waals surface area contributed by atoms with E-state index in [-0.39, 0.29) is 6.10 Å². The molecule has 1 saturated heterocycles. The van der Waals surface area contributed by atoms with Crippen LogP contribution in [0, 0.1) is 0 Å². The zero-order valence-electron chi connectivity index (χ0n) is 11.6. The number of nitrogens with zero attached hydrogens (tertiary/aromatic N) is 2. The predicted octanol–water partition coefficient (Wildman–Crippen LogP) is 1.82. The maximum absolute atomic E-state index is 6.03. The number of aromatic amines is 1. The van der Waals surface area contributed by atoms with Gasteiger partial charge in [0.15, 0.2) is 0 Å². The fourth-order valence-electron chi connectivity index (χ4n) is 2.85. The van der Waals surface area contributed by atoms with E-state index in [1.165, 1.54) is 0 Å². The van der Waals surface area contributed by atoms with Gasteiger partial charge in [0, 0.05) is 17.3 Å². The number of aromatic nitrogens is 3. The molecule has 1 atom stereocenters. The Balaban J connectivity index is 1.73. The Morgan fingerprint density at radius 3 is 3.00 bits per heavy atom. The second-order valence-electron chi connectivity index (χ2n) is 5.43. The van der Waals surface area contributed by atoms with Crippen LogP contribution < -0.4 is 15.8 Å². The van der Waals surface area contributed by atoms with Crippen molar-refractivity contribution in [3.63, 3.8) is 0 Å². The minimum Gasteiger partial charge on any atom is -0.487 e. The highest BCUT2D eigenvalue weighted by Crippen LogP contribution is 2.28. The lowest BCUT2D eigenvalue weighted by atomic mass is 10.1. The van der Waals surface area contributed by atoms with Gasteiger partial charge in [-0.2, -0.15) is 0 Å². The quantitative estimate of drug-likeness (QED) is 0.667. The first-order valence-electron chi connectivity index (χ1n) is 7.20. The lowest BCUT2D eigenvalue weighted by Crippen LogP contribution is -2.37. The van der Waals surface area contributed by atoms with Gasteiger partial charge in [-0.3, -0.25) is 0 Å². The van der Waals surface area contributed by atoms with Gasteiger partial charge >= 0.3 is 0 Å². The summed E-state index contributed by atoms with van der Waals surface area (Å²) in [6.45, 7) is 1.97. The Morgan fingerprint density at radius 2 is 2.14 bits per heavy atom. The summed E-state index contributed by atoms with van der Waals surface area (Å²) in [4.78, 5) is 11.8. The van der Waals surface area contributed by atoms with Gasteiger partial charge in [0.2, 0.25) is 0 Å². The van der Waals surface area contributed by atoms with E-state index < -0.39 is 0 Å². The van der Waals surface area contributed by atoms with E-state index in [1.54, 1.807) is 12.4 Å². The molecule has 0 radical (unpaired) electrons. The second kappa shape index (κ2) is 4.89. The minimum atomic E-state index is 0.218. The van der Waals surface area contributed by atoms with Crippen molar-refractivity contribution in [1.29, 1.82) is 0 Å². The predicted molar refractivity (Wildman–Crippen MR) is 82.3 cm³/mol. The maximum atomic E-state index is 6.03. The van der Waals surface area contributed by atoms with Crippen molar-refractivity contribution < 1.29 is 4.74 Å². The first-order chi connectivity index (χ1) is 10.3. The summed E-state index contributed by atoms with van der Waals surface area (Å²) in [5, 5.41) is 5.39. The normalized spacial score (nSPS) is 19.1. The van der Waals surface area contributed by atoms with Gasteiger partial charge in [-0.25, -0.2) is 9.97 Å². The van der Waals surface area contributed by atoms with Gasteiger partial charge in [0.25, 0.3) is 0 Å². The summed E-state index contributed by atoms with van der Waals surface area (Å²) in [7, 11) is 0. The van der Waals surface area contributed by atoms with Crippen molar-refractivity contribution >= 4 is 27.8 Å². The SMILES string of the molecule is Nc1cc2c(cn1)[nH]c1ncc(O[C@H]3CCCNC3)cc12. The number of fused-ring (bicyclic) bond motifs is 3. The van der Waals surface area contributed by atoms with Crippen molar-refractivity contribution in [3.05, 3.63) is 24.5 Å². The molecule has 0 bridgehead atoms. The molecule has 6 heteroatoms. The first-order valence-corrected chi connectivity index (χ1v) is 7.20. The van der Waals surface area contributed by atoms with E-state index in [1.807, 2.05) is 12.1 Å². The van der Waals surface area contributed by atoms with Crippen LogP contribution in [0.15, 0.2) is 24.5 Å². The van der Waals surface area contributed by atoms with Crippen LogP contribution in [0.4, 0.5) is 5.82 Å². The molecular formula is C15H17N5O. The Labute approximate surface area is 121 Å². The van der Waals surface area contributed by atoms with Crippen LogP contribution in [0.3, 0.4) is 0 Å². The van der Waals surface area contributed by atoms with Gasteiger partial charge in [-0.1, -0.05) is 0 Å². The number of nitrogen functional groups attached to an aromatic ring is 1. The van der Waals surface area contributed by atoms with E-state index in [0.717, 1.165) is 53.6 Å². The lowest BCUT2D eigenvalue weighted by Gasteiger charge is -2.23. The number of pyridine rings is 2. The van der Waals surface area contributed by atoms with E-state index in [9.17, 15) is 0 Å². The fourth-order valence-corrected chi connectivity index (χ4v) is 2.85. The number of hydrogen-bond acceptors (Lipinski definition) is 5. The van der Waals surface area contributed by atoms with Gasteiger partial charge in [0.1, 0.15) is 23.3 Å². The Kier molecular flexibility index (Phi) is 2.89. The summed E-state index contributed by atoms with van der Waals surface area (Å²) in [5.74, 6) is 1.30. The molecule has 0 aliphatic carbocycles. The molecule has 1 fully saturated rings. The highest BCUT2D eigenvalue weighted by molar-refractivity contribution is 6.06. The van der Waals surface area contributed by atoms with Crippen LogP contribution in [0.25, 0.3) is 21.9 Å². The third-order valence-corrected chi connectivity index (χ3v) is 3.89. The van der Waals surface area contributed by atoms with Crippen molar-refractivity contribution in [2.75, 3.05) is 18.8 Å². The van der Waals surface area contributed by atoms with Crippen LogP contribution in [0.1, 0.15) is 12.8 Å². The van der Waals surface area contributed by atoms with Gasteiger partial charge < -0.3 is 20.8 Å². The standard InChI is InChI=1S/C15H17N5O/c16-14-5-11-12-4-10(21-9-2-1-3-17-6-9)7-19-15(12)20-13(11)8-18-14/h4-5,7-9,17H,1-3,6H2,(H2,16,18)(H,19,20)/t9-/m0/s1. The summed E-state index contributed by atoms with van der Waals surface area (Å²) < 4.78 is 6.03. The summed E-state index contributed by atoms with van der Waals surface area (Å²) in [6.07, 6.45) is 5.95. The Bertz CT molecular complexity index is 791. The topological polar surface area (TPSA) is 88.9 Å². The summed E-state index contributed by atoms with van der Waals surface area (Å²) >= 11 is 0. The molecule has 0 spiro atoms. The van der Waals surface area contributed by atoms with Gasteiger partial charge in [-0.15, -0.1) is 0 Å². The van der Waals surface area contributed by atoms with Crippen LogP contribution in [0.5, 0.6) is 5.75 Å². The molecule has 4 heterocycles. The largest absolute Gasteiger partial charge is 0.487 e. The van der Waals surface area contributed by atoms with Crippen LogP contribution in [-0.2, 0) is 0 Å². The zero-order chi connectivity index (χ0) is 14.2. The zero-order valence-corrected chi connectivity index (χ0v) is 11.6. The molecule has 0 aromatic carbocycles. The summed E-state index contributed by atoms with van der Waals surface area (Å²) in [6, 6.07) is 3.89. The molecule has 4 N–H and O–H groups in total. The molecule has 21 heavy (non-hydrogen) atoms. The molecule has 1 aliphatic rings. The van der Waals surface area contributed by atoms with Crippen LogP contribution in [0.2, 0.25) is 0 Å². The van der Waals surface area contributed by atoms with E-state index in [2.05, 4.69) is 20.3 Å². The number of hydrogen-bond donors (Lipinski definition) is 3. The second-order valence-corrected chi connectivity index (χ2v) is 5.43. The molecule has 0 amide bonds. The maximum Gasteiger partial charge on any atom is 0.138 e. The van der Waals surface area contributed by atoms with Gasteiger partial charge in [0.05, 0.1) is 17.9 Å². The van der Waals surface area contributed by atoms with Gasteiger partial charge in [-0.05, 0) is 31.5 Å². The van der Waals surface area contributed by atoms with Crippen molar-refractivity contribution in [2.24, 2.45) is 0 Å². The van der Waals surface area contributed by atoms with Crippen molar-refractivity contribution in [2.45, 2.75) is 18.9 Å². The number of H-pyrrole nitrogens is 1. The molecule has 1 aliphatic heterocycles. The Hall–Kier alpha value is -2.34. The third kappa shape index (κ3) is 2.27.